The predicted octanol–water partition coefficient (Wildman–Crippen LogP) is 2.21. The van der Waals surface area contributed by atoms with E-state index < -0.39 is 14.7 Å². The molecular formula is C19H17AsO. The fourth-order valence-electron chi connectivity index (χ4n) is 2.40. The van der Waals surface area contributed by atoms with Crippen molar-refractivity contribution in [2.75, 3.05) is 7.11 Å². The monoisotopic (exact) mass is 336 g/mol. The molecule has 3 rings (SSSR count). The van der Waals surface area contributed by atoms with E-state index in [0.29, 0.717) is 0 Å². The van der Waals surface area contributed by atoms with E-state index in [1.165, 1.54) is 13.1 Å². The summed E-state index contributed by atoms with van der Waals surface area (Å²) in [7, 11) is 1.75. The number of hydrogen-bond donors (Lipinski definition) is 0. The summed E-state index contributed by atoms with van der Waals surface area (Å²) in [5, 5.41) is 0. The van der Waals surface area contributed by atoms with Gasteiger partial charge in [-0.05, 0) is 0 Å². The molecule has 0 saturated carbocycles. The third-order valence-corrected chi connectivity index (χ3v) is 8.56. The van der Waals surface area contributed by atoms with Gasteiger partial charge in [0.1, 0.15) is 0 Å². The van der Waals surface area contributed by atoms with Crippen molar-refractivity contribution in [2.24, 2.45) is 0 Å². The Bertz CT molecular complexity index is 656. The molecule has 104 valence electrons. The number of rotatable bonds is 4. The molecule has 0 aliphatic heterocycles. The Morgan fingerprint density at radius 2 is 1.10 bits per heavy atom. The van der Waals surface area contributed by atoms with E-state index in [4.69, 9.17) is 4.74 Å². The van der Waals surface area contributed by atoms with E-state index in [2.05, 4.69) is 78.9 Å². The summed E-state index contributed by atoms with van der Waals surface area (Å²) in [6, 6.07) is 30.0. The molecule has 0 bridgehead atoms. The second kappa shape index (κ2) is 6.65. The van der Waals surface area contributed by atoms with Gasteiger partial charge in [-0.25, -0.2) is 0 Å². The molecule has 3 aromatic rings. The first-order valence-corrected chi connectivity index (χ1v) is 9.75. The second-order valence-electron chi connectivity index (χ2n) is 4.68. The van der Waals surface area contributed by atoms with E-state index in [0.717, 1.165) is 5.75 Å². The summed E-state index contributed by atoms with van der Waals surface area (Å²) < 4.78 is 9.78. The van der Waals surface area contributed by atoms with Gasteiger partial charge in [-0.2, -0.15) is 0 Å². The van der Waals surface area contributed by atoms with Crippen LogP contribution in [0.5, 0.6) is 5.75 Å². The van der Waals surface area contributed by atoms with Crippen molar-refractivity contribution in [1.82, 2.24) is 0 Å². The Morgan fingerprint density at radius 3 is 1.62 bits per heavy atom. The second-order valence-corrected chi connectivity index (χ2v) is 9.26. The summed E-state index contributed by atoms with van der Waals surface area (Å²) >= 11 is -1.57. The van der Waals surface area contributed by atoms with Crippen LogP contribution in [-0.2, 0) is 0 Å². The zero-order chi connectivity index (χ0) is 14.5. The Morgan fingerprint density at radius 1 is 0.619 bits per heavy atom. The van der Waals surface area contributed by atoms with Crippen molar-refractivity contribution in [3.8, 4) is 5.75 Å². The van der Waals surface area contributed by atoms with Gasteiger partial charge in [-0.1, -0.05) is 0 Å². The third-order valence-electron chi connectivity index (χ3n) is 3.35. The first kappa shape index (κ1) is 14.0. The first-order valence-electron chi connectivity index (χ1n) is 6.93. The van der Waals surface area contributed by atoms with Crippen LogP contribution in [0.2, 0.25) is 0 Å². The Balaban J connectivity index is 2.17. The summed E-state index contributed by atoms with van der Waals surface area (Å²) in [5.41, 5.74) is 0. The summed E-state index contributed by atoms with van der Waals surface area (Å²) in [6.45, 7) is 0. The van der Waals surface area contributed by atoms with Crippen LogP contribution in [0.1, 0.15) is 0 Å². The fourth-order valence-corrected chi connectivity index (χ4v) is 7.47. The van der Waals surface area contributed by atoms with Crippen molar-refractivity contribution >= 4 is 27.7 Å². The summed E-state index contributed by atoms with van der Waals surface area (Å²) in [4.78, 5) is 0. The van der Waals surface area contributed by atoms with Crippen molar-refractivity contribution in [3.05, 3.63) is 84.9 Å². The molecule has 0 N–H and O–H groups in total. The molecule has 0 aromatic heterocycles. The minimum absolute atomic E-state index is 0.991. The Kier molecular flexibility index (Phi) is 4.42. The average molecular weight is 336 g/mol. The van der Waals surface area contributed by atoms with Crippen molar-refractivity contribution in [2.45, 2.75) is 0 Å². The third kappa shape index (κ3) is 3.04. The van der Waals surface area contributed by atoms with E-state index in [-0.39, 0.29) is 0 Å². The maximum absolute atomic E-state index is 5.61. The van der Waals surface area contributed by atoms with Crippen LogP contribution in [0, 0.1) is 0 Å². The first-order chi connectivity index (χ1) is 10.4. The Labute approximate surface area is 130 Å². The van der Waals surface area contributed by atoms with Gasteiger partial charge >= 0.3 is 130 Å². The molecule has 21 heavy (non-hydrogen) atoms. The van der Waals surface area contributed by atoms with Gasteiger partial charge < -0.3 is 0 Å². The molecule has 0 atom stereocenters. The molecule has 3 aromatic carbocycles. The van der Waals surface area contributed by atoms with E-state index in [9.17, 15) is 0 Å². The number of para-hydroxylation sites is 1. The molecule has 0 fully saturated rings. The molecule has 0 radical (unpaired) electrons. The molecule has 0 heterocycles. The SMILES string of the molecule is COc1ccccc1[As](c1ccccc1)c1ccccc1. The van der Waals surface area contributed by atoms with Gasteiger partial charge in [0, 0.05) is 0 Å². The van der Waals surface area contributed by atoms with Crippen molar-refractivity contribution < 1.29 is 4.74 Å². The number of ether oxygens (including phenoxy) is 1. The molecule has 0 aliphatic rings. The van der Waals surface area contributed by atoms with E-state index in [1.807, 2.05) is 6.07 Å². The van der Waals surface area contributed by atoms with Gasteiger partial charge in [-0.15, -0.1) is 0 Å². The van der Waals surface area contributed by atoms with E-state index >= 15 is 0 Å². The van der Waals surface area contributed by atoms with E-state index in [1.54, 1.807) is 7.11 Å². The Hall–Kier alpha value is -1.98. The predicted molar refractivity (Wildman–Crippen MR) is 90.5 cm³/mol. The molecule has 0 amide bonds. The maximum atomic E-state index is 5.61. The average Bonchev–Trinajstić information content (AvgIpc) is 2.58. The molecule has 0 spiro atoms. The van der Waals surface area contributed by atoms with Crippen LogP contribution in [-0.4, -0.2) is 21.8 Å². The number of methoxy groups -OCH3 is 1. The zero-order valence-electron chi connectivity index (χ0n) is 11.9. The standard InChI is InChI=1S/C19H17AsO/c1-21-19-15-9-8-14-18(19)20(16-10-4-2-5-11-16)17-12-6-3-7-13-17/h2-15H,1H3. The van der Waals surface area contributed by atoms with Gasteiger partial charge in [0.2, 0.25) is 0 Å². The summed E-state index contributed by atoms with van der Waals surface area (Å²) in [6.07, 6.45) is 0. The van der Waals surface area contributed by atoms with Gasteiger partial charge in [0.15, 0.2) is 0 Å². The van der Waals surface area contributed by atoms with Gasteiger partial charge in [0.25, 0.3) is 0 Å². The molecule has 1 nitrogen and oxygen atoms in total. The van der Waals surface area contributed by atoms with Crippen molar-refractivity contribution in [1.29, 1.82) is 0 Å². The number of hydrogen-bond acceptors (Lipinski definition) is 1. The fraction of sp³-hybridized carbons (Fsp3) is 0.0526. The van der Waals surface area contributed by atoms with Gasteiger partial charge in [-0.3, -0.25) is 0 Å². The van der Waals surface area contributed by atoms with Crippen LogP contribution in [0.4, 0.5) is 0 Å². The van der Waals surface area contributed by atoms with Gasteiger partial charge in [0.05, 0.1) is 0 Å². The van der Waals surface area contributed by atoms with Crippen LogP contribution >= 0.6 is 0 Å². The topological polar surface area (TPSA) is 9.23 Å². The zero-order valence-corrected chi connectivity index (χ0v) is 13.8. The van der Waals surface area contributed by atoms with Crippen LogP contribution in [0.3, 0.4) is 0 Å². The minimum atomic E-state index is -1.57. The molecule has 2 heteroatoms. The van der Waals surface area contributed by atoms with Crippen LogP contribution in [0.15, 0.2) is 84.9 Å². The molecule has 0 unspecified atom stereocenters. The summed E-state index contributed by atoms with van der Waals surface area (Å²) in [5.74, 6) is 0.991. The molecule has 0 saturated heterocycles. The normalized spacial score (nSPS) is 10.6. The van der Waals surface area contributed by atoms with Crippen molar-refractivity contribution in [3.63, 3.8) is 0 Å². The number of benzene rings is 3. The van der Waals surface area contributed by atoms with Crippen LogP contribution in [0.25, 0.3) is 0 Å². The van der Waals surface area contributed by atoms with Crippen LogP contribution < -0.4 is 17.8 Å². The molecule has 0 aliphatic carbocycles. The molecular weight excluding hydrogens is 319 g/mol. The quantitative estimate of drug-likeness (QED) is 0.664.